The molecule has 0 heterocycles. The Labute approximate surface area is 45.1 Å². The van der Waals surface area contributed by atoms with Crippen LogP contribution in [0.4, 0.5) is 4.79 Å². The Bertz CT molecular complexity index is 60.0. The minimum absolute atomic E-state index is 1.83. The van der Waals surface area contributed by atoms with Gasteiger partial charge in [-0.15, -0.1) is 0 Å². The lowest BCUT2D eigenvalue weighted by Gasteiger charge is -1.60. The van der Waals surface area contributed by atoms with Crippen LogP contribution >= 0.6 is 18.4 Å². The third kappa shape index (κ3) is 2090. The first-order chi connectivity index (χ1) is 3.15. The van der Waals surface area contributed by atoms with Crippen molar-refractivity contribution >= 4 is 24.6 Å². The van der Waals surface area contributed by atoms with Crippen molar-refractivity contribution < 1.29 is 15.0 Å². The SMILES string of the molecule is O=C(O)O.P=NP. The number of hydrogen-bond donors (Lipinski definition) is 2. The van der Waals surface area contributed by atoms with Gasteiger partial charge in [-0.25, -0.2) is 4.79 Å². The van der Waals surface area contributed by atoms with Gasteiger partial charge in [-0.05, 0) is 18.4 Å². The number of carbonyl (C=O) groups is 1. The summed E-state index contributed by atoms with van der Waals surface area (Å²) in [6, 6.07) is 0. The van der Waals surface area contributed by atoms with Gasteiger partial charge in [0.15, 0.2) is 0 Å². The molecule has 4 nitrogen and oxygen atoms in total. The molecule has 0 aliphatic carbocycles. The van der Waals surface area contributed by atoms with Crippen LogP contribution in [0.5, 0.6) is 0 Å². The summed E-state index contributed by atoms with van der Waals surface area (Å²) < 4.78 is 3.22. The molecule has 0 fully saturated rings. The van der Waals surface area contributed by atoms with E-state index in [2.05, 4.69) is 22.9 Å². The maximum atomic E-state index is 8.56. The van der Waals surface area contributed by atoms with Crippen LogP contribution in [0.15, 0.2) is 4.52 Å². The maximum absolute atomic E-state index is 8.56. The number of hydrogen-bond acceptors (Lipinski definition) is 2. The van der Waals surface area contributed by atoms with Gasteiger partial charge in [-0.2, -0.15) is 0 Å². The van der Waals surface area contributed by atoms with E-state index in [4.69, 9.17) is 15.0 Å². The van der Waals surface area contributed by atoms with E-state index in [0.717, 1.165) is 0 Å². The Morgan fingerprint density at radius 1 is 1.71 bits per heavy atom. The first-order valence-corrected chi connectivity index (χ1v) is 2.10. The van der Waals surface area contributed by atoms with Crippen molar-refractivity contribution in [2.45, 2.75) is 0 Å². The molecule has 0 aromatic heterocycles. The molecular weight excluding hydrogens is 136 g/mol. The molecule has 0 aliphatic heterocycles. The fourth-order valence-corrected chi connectivity index (χ4v) is 0. The van der Waals surface area contributed by atoms with E-state index in [1.165, 1.54) is 0 Å². The molecule has 2 N–H and O–H groups in total. The van der Waals surface area contributed by atoms with E-state index < -0.39 is 6.16 Å². The average Bonchev–Trinajstić information content (AvgIpc) is 1.33. The van der Waals surface area contributed by atoms with Gasteiger partial charge in [0.05, 0.1) is 0 Å². The molecule has 0 rings (SSSR count). The number of carboxylic acid groups (broad SMARTS) is 2. The second-order valence-corrected chi connectivity index (χ2v) is 1.44. The number of nitrogens with zero attached hydrogens (tertiary/aromatic N) is 1. The molecule has 0 spiro atoms. The Morgan fingerprint density at radius 2 is 1.71 bits per heavy atom. The molecule has 42 valence electrons. The fourth-order valence-electron chi connectivity index (χ4n) is 0. The lowest BCUT2D eigenvalue weighted by molar-refractivity contribution is 0.137. The van der Waals surface area contributed by atoms with Crippen molar-refractivity contribution in [1.82, 2.24) is 0 Å². The molecular formula is CH5NO3P2. The van der Waals surface area contributed by atoms with Gasteiger partial charge in [0.1, 0.15) is 0 Å². The van der Waals surface area contributed by atoms with Crippen molar-refractivity contribution in [1.29, 1.82) is 0 Å². The Kier molecular flexibility index (Phi) is 13.1. The summed E-state index contributed by atoms with van der Waals surface area (Å²) in [6.07, 6.45) is -1.83. The van der Waals surface area contributed by atoms with Crippen molar-refractivity contribution in [3.05, 3.63) is 0 Å². The van der Waals surface area contributed by atoms with Crippen LogP contribution in [0.1, 0.15) is 0 Å². The number of rotatable bonds is 0. The monoisotopic (exact) mass is 141 g/mol. The van der Waals surface area contributed by atoms with Crippen LogP contribution < -0.4 is 0 Å². The topological polar surface area (TPSA) is 69.9 Å². The average molecular weight is 141 g/mol. The summed E-state index contributed by atoms with van der Waals surface area (Å²) >= 11 is 0. The summed E-state index contributed by atoms with van der Waals surface area (Å²) in [5, 5.41) is 13.9. The third-order valence-electron chi connectivity index (χ3n) is 0. The first-order valence-electron chi connectivity index (χ1n) is 1.13. The highest BCUT2D eigenvalue weighted by Gasteiger charge is 1.70. The van der Waals surface area contributed by atoms with Crippen molar-refractivity contribution in [3.8, 4) is 0 Å². The van der Waals surface area contributed by atoms with E-state index in [0.29, 0.717) is 0 Å². The second kappa shape index (κ2) is 9.25. The van der Waals surface area contributed by atoms with Gasteiger partial charge in [0.25, 0.3) is 0 Å². The van der Waals surface area contributed by atoms with E-state index in [9.17, 15) is 0 Å². The van der Waals surface area contributed by atoms with Gasteiger partial charge in [-0.1, -0.05) is 0 Å². The lowest BCUT2D eigenvalue weighted by Crippen LogP contribution is -1.81. The largest absolute Gasteiger partial charge is 0.503 e. The first kappa shape index (κ1) is 9.93. The standard InChI is InChI=1S/CH2O3.H3NP2/c2-1(3)4;2-1-3/h(H2,2,3,4);2H,3H2. The minimum atomic E-state index is -1.83. The lowest BCUT2D eigenvalue weighted by atomic mass is 11.5. The van der Waals surface area contributed by atoms with Gasteiger partial charge >= 0.3 is 6.16 Å². The third-order valence-corrected chi connectivity index (χ3v) is 0. The summed E-state index contributed by atoms with van der Waals surface area (Å²) in [6.45, 7) is 0. The van der Waals surface area contributed by atoms with Crippen molar-refractivity contribution in [2.24, 2.45) is 4.52 Å². The predicted octanol–water partition coefficient (Wildman–Crippen LogP) is 1.33. The van der Waals surface area contributed by atoms with E-state index >= 15 is 0 Å². The van der Waals surface area contributed by atoms with Crippen molar-refractivity contribution in [2.75, 3.05) is 0 Å². The maximum Gasteiger partial charge on any atom is 0.503 e. The van der Waals surface area contributed by atoms with Gasteiger partial charge < -0.3 is 10.2 Å². The zero-order valence-corrected chi connectivity index (χ0v) is 5.48. The molecule has 0 aromatic carbocycles. The molecule has 1 unspecified atom stereocenters. The van der Waals surface area contributed by atoms with Crippen LogP contribution in [0, 0.1) is 0 Å². The highest BCUT2D eigenvalue weighted by Crippen LogP contribution is 1.79. The molecule has 0 saturated heterocycles. The van der Waals surface area contributed by atoms with Crippen molar-refractivity contribution in [3.63, 3.8) is 0 Å². The normalized spacial score (nSPS) is 5.29. The fraction of sp³-hybridized carbons (Fsp3) is 0. The Balaban J connectivity index is 0. The summed E-state index contributed by atoms with van der Waals surface area (Å²) in [7, 11) is 4.89. The predicted molar refractivity (Wildman–Crippen MR) is 31.1 cm³/mol. The van der Waals surface area contributed by atoms with Gasteiger partial charge in [0.2, 0.25) is 0 Å². The van der Waals surface area contributed by atoms with Crippen LogP contribution in [0.2, 0.25) is 0 Å². The van der Waals surface area contributed by atoms with E-state index in [1.807, 2.05) is 0 Å². The summed E-state index contributed by atoms with van der Waals surface area (Å²) in [5.41, 5.74) is 0. The summed E-state index contributed by atoms with van der Waals surface area (Å²) in [4.78, 5) is 8.56. The van der Waals surface area contributed by atoms with Crippen LogP contribution in [-0.4, -0.2) is 16.4 Å². The zero-order chi connectivity index (χ0) is 6.28. The molecule has 0 saturated carbocycles. The molecule has 0 bridgehead atoms. The van der Waals surface area contributed by atoms with E-state index in [1.54, 1.807) is 0 Å². The second-order valence-electron chi connectivity index (χ2n) is 0.412. The molecule has 0 aromatic rings. The quantitative estimate of drug-likeness (QED) is 0.499. The smallest absolute Gasteiger partial charge is 0.450 e. The van der Waals surface area contributed by atoms with Gasteiger partial charge in [0, 0.05) is 0 Å². The molecule has 7 heavy (non-hydrogen) atoms. The highest BCUT2D eigenvalue weighted by atomic mass is 31.1. The van der Waals surface area contributed by atoms with Crippen LogP contribution in [0.25, 0.3) is 0 Å². The molecule has 0 aliphatic rings. The van der Waals surface area contributed by atoms with Crippen LogP contribution in [-0.2, 0) is 0 Å². The molecule has 0 amide bonds. The Morgan fingerprint density at radius 3 is 1.71 bits per heavy atom. The molecule has 0 radical (unpaired) electrons. The summed E-state index contributed by atoms with van der Waals surface area (Å²) in [5.74, 6) is 0. The van der Waals surface area contributed by atoms with E-state index in [-0.39, 0.29) is 0 Å². The highest BCUT2D eigenvalue weighted by molar-refractivity contribution is 7.23. The van der Waals surface area contributed by atoms with Crippen LogP contribution in [0.3, 0.4) is 0 Å². The Hall–Kier alpha value is -0.200. The zero-order valence-electron chi connectivity index (χ0n) is 3.33. The van der Waals surface area contributed by atoms with Gasteiger partial charge in [-0.3, -0.25) is 4.52 Å². The minimum Gasteiger partial charge on any atom is -0.450 e. The molecule has 1 atom stereocenters. The molecule has 6 heteroatoms.